The van der Waals surface area contributed by atoms with Crippen LogP contribution in [0.4, 0.5) is 4.39 Å². The standard InChI is InChI=1S/C12H17FN2O/c1-8(2)6-15-7-10-5-9(12(14)16)3-4-11(10)13/h3-5,8,15H,6-7H2,1-2H3,(H2,14,16). The molecule has 16 heavy (non-hydrogen) atoms. The van der Waals surface area contributed by atoms with Crippen molar-refractivity contribution in [3.8, 4) is 0 Å². The fraction of sp³-hybridized carbons (Fsp3) is 0.417. The Morgan fingerprint density at radius 2 is 2.19 bits per heavy atom. The Bertz CT molecular complexity index is 377. The van der Waals surface area contributed by atoms with Crippen LogP contribution < -0.4 is 11.1 Å². The minimum atomic E-state index is -0.537. The summed E-state index contributed by atoms with van der Waals surface area (Å²) < 4.78 is 13.4. The summed E-state index contributed by atoms with van der Waals surface area (Å²) in [5.74, 6) is -0.353. The van der Waals surface area contributed by atoms with E-state index in [9.17, 15) is 9.18 Å². The molecule has 0 aliphatic heterocycles. The number of halogens is 1. The summed E-state index contributed by atoms with van der Waals surface area (Å²) in [5, 5.41) is 3.12. The van der Waals surface area contributed by atoms with E-state index in [-0.39, 0.29) is 5.82 Å². The van der Waals surface area contributed by atoms with Crippen molar-refractivity contribution in [2.75, 3.05) is 6.54 Å². The maximum absolute atomic E-state index is 13.4. The first-order chi connectivity index (χ1) is 7.50. The minimum absolute atomic E-state index is 0.318. The second kappa shape index (κ2) is 5.61. The maximum atomic E-state index is 13.4. The molecule has 0 fully saturated rings. The molecule has 0 saturated carbocycles. The van der Waals surface area contributed by atoms with Crippen LogP contribution in [0.3, 0.4) is 0 Å². The van der Waals surface area contributed by atoms with Crippen molar-refractivity contribution >= 4 is 5.91 Å². The Morgan fingerprint density at radius 1 is 1.50 bits per heavy atom. The van der Waals surface area contributed by atoms with Crippen LogP contribution in [0.1, 0.15) is 29.8 Å². The highest BCUT2D eigenvalue weighted by Gasteiger charge is 2.06. The number of rotatable bonds is 5. The molecular weight excluding hydrogens is 207 g/mol. The van der Waals surface area contributed by atoms with Crippen molar-refractivity contribution in [2.24, 2.45) is 11.7 Å². The molecule has 0 spiro atoms. The molecule has 0 aliphatic rings. The molecule has 0 radical (unpaired) electrons. The predicted octanol–water partition coefficient (Wildman–Crippen LogP) is 1.67. The zero-order valence-corrected chi connectivity index (χ0v) is 9.59. The van der Waals surface area contributed by atoms with Crippen molar-refractivity contribution in [1.82, 2.24) is 5.32 Å². The lowest BCUT2D eigenvalue weighted by Crippen LogP contribution is -2.20. The van der Waals surface area contributed by atoms with Gasteiger partial charge in [0.25, 0.3) is 0 Å². The SMILES string of the molecule is CC(C)CNCc1cc(C(N)=O)ccc1F. The minimum Gasteiger partial charge on any atom is -0.366 e. The molecule has 1 amide bonds. The Labute approximate surface area is 94.8 Å². The van der Waals surface area contributed by atoms with Gasteiger partial charge in [-0.15, -0.1) is 0 Å². The van der Waals surface area contributed by atoms with Crippen LogP contribution in [0.15, 0.2) is 18.2 Å². The highest BCUT2D eigenvalue weighted by Crippen LogP contribution is 2.10. The topological polar surface area (TPSA) is 55.1 Å². The lowest BCUT2D eigenvalue weighted by Gasteiger charge is -2.09. The lowest BCUT2D eigenvalue weighted by molar-refractivity contribution is 0.1000. The third-order valence-corrected chi connectivity index (χ3v) is 2.20. The van der Waals surface area contributed by atoms with Crippen LogP contribution in [0.25, 0.3) is 0 Å². The summed E-state index contributed by atoms with van der Waals surface area (Å²) in [6.45, 7) is 5.36. The van der Waals surface area contributed by atoms with Crippen LogP contribution in [0, 0.1) is 11.7 Å². The summed E-state index contributed by atoms with van der Waals surface area (Å²) in [4.78, 5) is 10.9. The second-order valence-electron chi connectivity index (χ2n) is 4.20. The third-order valence-electron chi connectivity index (χ3n) is 2.20. The monoisotopic (exact) mass is 224 g/mol. The van der Waals surface area contributed by atoms with Crippen molar-refractivity contribution in [3.63, 3.8) is 0 Å². The number of amides is 1. The van der Waals surface area contributed by atoms with E-state index in [1.807, 2.05) is 0 Å². The van der Waals surface area contributed by atoms with Gasteiger partial charge < -0.3 is 11.1 Å². The van der Waals surface area contributed by atoms with Gasteiger partial charge in [0.1, 0.15) is 5.82 Å². The normalized spacial score (nSPS) is 10.8. The maximum Gasteiger partial charge on any atom is 0.248 e. The molecule has 0 aromatic heterocycles. The summed E-state index contributed by atoms with van der Waals surface area (Å²) in [7, 11) is 0. The van der Waals surface area contributed by atoms with E-state index < -0.39 is 5.91 Å². The van der Waals surface area contributed by atoms with Gasteiger partial charge in [-0.25, -0.2) is 4.39 Å². The van der Waals surface area contributed by atoms with E-state index in [1.54, 1.807) is 0 Å². The number of primary amides is 1. The van der Waals surface area contributed by atoms with Crippen LogP contribution in [-0.4, -0.2) is 12.5 Å². The van der Waals surface area contributed by atoms with Gasteiger partial charge in [-0.2, -0.15) is 0 Å². The Kier molecular flexibility index (Phi) is 4.43. The zero-order valence-electron chi connectivity index (χ0n) is 9.59. The first-order valence-corrected chi connectivity index (χ1v) is 5.29. The van der Waals surface area contributed by atoms with Gasteiger partial charge in [0.05, 0.1) is 0 Å². The molecule has 3 N–H and O–H groups in total. The molecule has 0 aliphatic carbocycles. The molecule has 0 unspecified atom stereocenters. The predicted molar refractivity (Wildman–Crippen MR) is 61.5 cm³/mol. The molecule has 1 rings (SSSR count). The average Bonchev–Trinajstić information content (AvgIpc) is 2.20. The number of hydrogen-bond donors (Lipinski definition) is 2. The Hall–Kier alpha value is -1.42. The molecular formula is C12H17FN2O. The molecule has 1 aromatic carbocycles. The molecule has 3 nitrogen and oxygen atoms in total. The molecule has 0 bridgehead atoms. The smallest absolute Gasteiger partial charge is 0.248 e. The lowest BCUT2D eigenvalue weighted by atomic mass is 10.1. The molecule has 88 valence electrons. The van der Waals surface area contributed by atoms with E-state index in [4.69, 9.17) is 5.73 Å². The molecule has 1 aromatic rings. The van der Waals surface area contributed by atoms with Crippen molar-refractivity contribution < 1.29 is 9.18 Å². The van der Waals surface area contributed by atoms with Crippen molar-refractivity contribution in [3.05, 3.63) is 35.1 Å². The van der Waals surface area contributed by atoms with E-state index in [0.29, 0.717) is 23.6 Å². The van der Waals surface area contributed by atoms with Gasteiger partial charge in [0.15, 0.2) is 0 Å². The first-order valence-electron chi connectivity index (χ1n) is 5.29. The van der Waals surface area contributed by atoms with Crippen LogP contribution in [0.2, 0.25) is 0 Å². The number of nitrogens with one attached hydrogen (secondary N) is 1. The number of carbonyl (C=O) groups is 1. The zero-order chi connectivity index (χ0) is 12.1. The Morgan fingerprint density at radius 3 is 2.75 bits per heavy atom. The molecule has 0 saturated heterocycles. The van der Waals surface area contributed by atoms with E-state index in [2.05, 4.69) is 19.2 Å². The third kappa shape index (κ3) is 3.62. The summed E-state index contributed by atoms with van der Waals surface area (Å²) in [6, 6.07) is 4.15. The van der Waals surface area contributed by atoms with Crippen molar-refractivity contribution in [1.29, 1.82) is 0 Å². The summed E-state index contributed by atoms with van der Waals surface area (Å²) in [5.41, 5.74) is 5.93. The summed E-state index contributed by atoms with van der Waals surface area (Å²) in [6.07, 6.45) is 0. The van der Waals surface area contributed by atoms with Crippen LogP contribution >= 0.6 is 0 Å². The highest BCUT2D eigenvalue weighted by atomic mass is 19.1. The largest absolute Gasteiger partial charge is 0.366 e. The average molecular weight is 224 g/mol. The van der Waals surface area contributed by atoms with Gasteiger partial charge in [-0.1, -0.05) is 13.8 Å². The molecule has 0 heterocycles. The number of carbonyl (C=O) groups excluding carboxylic acids is 1. The van der Waals surface area contributed by atoms with Gasteiger partial charge >= 0.3 is 0 Å². The van der Waals surface area contributed by atoms with E-state index >= 15 is 0 Å². The summed E-state index contributed by atoms with van der Waals surface area (Å²) >= 11 is 0. The van der Waals surface area contributed by atoms with Gasteiger partial charge in [0.2, 0.25) is 5.91 Å². The van der Waals surface area contributed by atoms with Crippen LogP contribution in [-0.2, 0) is 6.54 Å². The fourth-order valence-electron chi connectivity index (χ4n) is 1.36. The van der Waals surface area contributed by atoms with E-state index in [0.717, 1.165) is 6.54 Å². The molecule has 0 atom stereocenters. The first kappa shape index (κ1) is 12.6. The fourth-order valence-corrected chi connectivity index (χ4v) is 1.36. The van der Waals surface area contributed by atoms with Crippen LogP contribution in [0.5, 0.6) is 0 Å². The second-order valence-corrected chi connectivity index (χ2v) is 4.20. The van der Waals surface area contributed by atoms with Crippen molar-refractivity contribution in [2.45, 2.75) is 20.4 Å². The highest BCUT2D eigenvalue weighted by molar-refractivity contribution is 5.92. The van der Waals surface area contributed by atoms with E-state index in [1.165, 1.54) is 18.2 Å². The quantitative estimate of drug-likeness (QED) is 0.799. The van der Waals surface area contributed by atoms with Gasteiger partial charge in [-0.3, -0.25) is 4.79 Å². The van der Waals surface area contributed by atoms with Gasteiger partial charge in [0, 0.05) is 17.7 Å². The molecule has 4 heteroatoms. The number of hydrogen-bond acceptors (Lipinski definition) is 2. The number of benzene rings is 1. The van der Waals surface area contributed by atoms with Gasteiger partial charge in [-0.05, 0) is 30.7 Å². The number of nitrogens with two attached hydrogens (primary N) is 1. The Balaban J connectivity index is 2.70.